The Balaban J connectivity index is 1.21. The fourth-order valence-corrected chi connectivity index (χ4v) is 5.79. The Morgan fingerprint density at radius 2 is 1.39 bits per heavy atom. The molecular formula is C35H37N3O5S. The van der Waals surface area contributed by atoms with E-state index >= 15 is 0 Å². The van der Waals surface area contributed by atoms with E-state index in [2.05, 4.69) is 16.0 Å². The summed E-state index contributed by atoms with van der Waals surface area (Å²) in [5.74, 6) is 0.628. The van der Waals surface area contributed by atoms with E-state index < -0.39 is 6.29 Å². The largest absolute Gasteiger partial charge is 0.392 e. The first-order valence-electron chi connectivity index (χ1n) is 14.6. The molecule has 1 heterocycles. The number of thioether (sulfide) groups is 1. The van der Waals surface area contributed by atoms with E-state index in [-0.39, 0.29) is 30.8 Å². The second-order valence-electron chi connectivity index (χ2n) is 10.6. The number of amides is 3. The van der Waals surface area contributed by atoms with Crippen molar-refractivity contribution < 1.29 is 24.2 Å². The van der Waals surface area contributed by atoms with Crippen molar-refractivity contribution in [1.29, 1.82) is 0 Å². The van der Waals surface area contributed by atoms with Crippen LogP contribution in [0, 0.1) is 0 Å². The third-order valence-corrected chi connectivity index (χ3v) is 8.37. The molecule has 0 spiro atoms. The lowest BCUT2D eigenvalue weighted by atomic mass is 10.0. The minimum absolute atomic E-state index is 0.00652. The van der Waals surface area contributed by atoms with Crippen LogP contribution in [0.3, 0.4) is 0 Å². The molecule has 3 atom stereocenters. The summed E-state index contributed by atoms with van der Waals surface area (Å²) in [4.78, 5) is 24.7. The van der Waals surface area contributed by atoms with Crippen molar-refractivity contribution >= 4 is 29.4 Å². The van der Waals surface area contributed by atoms with Gasteiger partial charge in [-0.1, -0.05) is 78.9 Å². The molecule has 0 radical (unpaired) electrons. The van der Waals surface area contributed by atoms with Crippen LogP contribution in [0.2, 0.25) is 0 Å². The minimum atomic E-state index is -0.560. The summed E-state index contributed by atoms with van der Waals surface area (Å²) in [7, 11) is 0. The molecule has 0 bridgehead atoms. The van der Waals surface area contributed by atoms with Crippen LogP contribution < -0.4 is 16.0 Å². The Kier molecular flexibility index (Phi) is 11.0. The predicted molar refractivity (Wildman–Crippen MR) is 172 cm³/mol. The zero-order valence-electron chi connectivity index (χ0n) is 24.6. The number of urea groups is 1. The van der Waals surface area contributed by atoms with Gasteiger partial charge in [0.2, 0.25) is 5.91 Å². The number of carbonyl (C=O) groups excluding carboxylic acids is 2. The van der Waals surface area contributed by atoms with Gasteiger partial charge in [-0.2, -0.15) is 0 Å². The molecule has 8 nitrogen and oxygen atoms in total. The van der Waals surface area contributed by atoms with Crippen molar-refractivity contribution in [1.82, 2.24) is 10.6 Å². The molecule has 1 aliphatic heterocycles. The van der Waals surface area contributed by atoms with Gasteiger partial charge in [-0.3, -0.25) is 4.79 Å². The molecule has 4 aromatic carbocycles. The van der Waals surface area contributed by atoms with Gasteiger partial charge >= 0.3 is 6.03 Å². The lowest BCUT2D eigenvalue weighted by Crippen LogP contribution is -2.34. The number of anilines is 1. The van der Waals surface area contributed by atoms with Gasteiger partial charge in [-0.15, -0.1) is 11.8 Å². The Hall–Kier alpha value is -4.15. The van der Waals surface area contributed by atoms with Gasteiger partial charge in [0, 0.05) is 48.3 Å². The lowest BCUT2D eigenvalue weighted by molar-refractivity contribution is -0.245. The number of hydrogen-bond donors (Lipinski definition) is 4. The highest BCUT2D eigenvalue weighted by atomic mass is 32.2. The Labute approximate surface area is 262 Å². The number of benzene rings is 4. The summed E-state index contributed by atoms with van der Waals surface area (Å²) in [6, 6.07) is 33.1. The van der Waals surface area contributed by atoms with Crippen LogP contribution in [0.5, 0.6) is 0 Å². The standard InChI is InChI=1S/C35H37N3O5S/c1-24(40)38-30-15-17-32(18-16-30)44-23-31-19-33(28-11-9-27(22-39)10-12-28)43-34(42-31)29-13-7-26(8-14-29)21-37-35(41)36-20-25-5-3-2-4-6-25/h2-18,31,33-34,39H,19-23H2,1H3,(H,38,40)(H2,36,37,41)/t31-,33+,34+/m0/s1. The molecule has 0 unspecified atom stereocenters. The second kappa shape index (κ2) is 15.5. The lowest BCUT2D eigenvalue weighted by Gasteiger charge is -2.36. The summed E-state index contributed by atoms with van der Waals surface area (Å²) in [6.45, 7) is 2.35. The molecule has 9 heteroatoms. The van der Waals surface area contributed by atoms with Crippen LogP contribution in [0.1, 0.15) is 53.6 Å². The molecule has 1 fully saturated rings. The molecule has 0 aromatic heterocycles. The van der Waals surface area contributed by atoms with Crippen molar-refractivity contribution in [2.45, 2.75) is 56.4 Å². The number of carbonyl (C=O) groups is 2. The molecule has 4 aromatic rings. The first kappa shape index (κ1) is 31.3. The Bertz CT molecular complexity index is 1500. The van der Waals surface area contributed by atoms with Crippen molar-refractivity contribution in [3.8, 4) is 0 Å². The first-order chi connectivity index (χ1) is 21.4. The van der Waals surface area contributed by atoms with Crippen molar-refractivity contribution in [3.63, 3.8) is 0 Å². The molecule has 44 heavy (non-hydrogen) atoms. The highest BCUT2D eigenvalue weighted by Gasteiger charge is 2.32. The molecule has 1 aliphatic rings. The summed E-state index contributed by atoms with van der Waals surface area (Å²) in [5, 5.41) is 18.0. The summed E-state index contributed by atoms with van der Waals surface area (Å²) >= 11 is 1.70. The summed E-state index contributed by atoms with van der Waals surface area (Å²) in [6.07, 6.45) is -0.128. The molecule has 5 rings (SSSR count). The molecule has 4 N–H and O–H groups in total. The van der Waals surface area contributed by atoms with Gasteiger partial charge in [0.25, 0.3) is 0 Å². The first-order valence-corrected chi connectivity index (χ1v) is 15.6. The summed E-state index contributed by atoms with van der Waals surface area (Å²) < 4.78 is 12.9. The van der Waals surface area contributed by atoms with Gasteiger partial charge < -0.3 is 30.5 Å². The fourth-order valence-electron chi connectivity index (χ4n) is 4.87. The van der Waals surface area contributed by atoms with Gasteiger partial charge in [0.1, 0.15) is 0 Å². The summed E-state index contributed by atoms with van der Waals surface area (Å²) in [5.41, 5.74) is 5.55. The van der Waals surface area contributed by atoms with E-state index in [1.807, 2.05) is 103 Å². The highest BCUT2D eigenvalue weighted by Crippen LogP contribution is 2.39. The Morgan fingerprint density at radius 1 is 0.773 bits per heavy atom. The average Bonchev–Trinajstić information content (AvgIpc) is 3.06. The normalized spacial score (nSPS) is 17.9. The smallest absolute Gasteiger partial charge is 0.315 e. The SMILES string of the molecule is CC(=O)Nc1ccc(SC[C@@H]2C[C@H](c3ccc(CO)cc3)O[C@H](c3ccc(CNC(=O)NCc4ccccc4)cc3)O2)cc1. The Morgan fingerprint density at radius 3 is 2.02 bits per heavy atom. The minimum Gasteiger partial charge on any atom is -0.392 e. The van der Waals surface area contributed by atoms with Crippen LogP contribution in [0.15, 0.2) is 108 Å². The number of rotatable bonds is 11. The second-order valence-corrected chi connectivity index (χ2v) is 11.7. The number of aliphatic hydroxyl groups excluding tert-OH is 1. The van der Waals surface area contributed by atoms with E-state index in [1.54, 1.807) is 11.8 Å². The van der Waals surface area contributed by atoms with Gasteiger partial charge in [-0.05, 0) is 46.5 Å². The predicted octanol–water partition coefficient (Wildman–Crippen LogP) is 6.47. The van der Waals surface area contributed by atoms with Crippen LogP contribution >= 0.6 is 11.8 Å². The maximum Gasteiger partial charge on any atom is 0.315 e. The molecule has 0 saturated carbocycles. The van der Waals surface area contributed by atoms with E-state index in [9.17, 15) is 14.7 Å². The topological polar surface area (TPSA) is 109 Å². The van der Waals surface area contributed by atoms with Crippen LogP contribution in [-0.2, 0) is 34.0 Å². The fraction of sp³-hybridized carbons (Fsp3) is 0.257. The van der Waals surface area contributed by atoms with Crippen molar-refractivity contribution in [2.75, 3.05) is 11.1 Å². The quantitative estimate of drug-likeness (QED) is 0.145. The van der Waals surface area contributed by atoms with Gasteiger partial charge in [-0.25, -0.2) is 4.79 Å². The van der Waals surface area contributed by atoms with Gasteiger partial charge in [0.05, 0.1) is 18.8 Å². The third kappa shape index (κ3) is 9.17. The third-order valence-electron chi connectivity index (χ3n) is 7.23. The van der Waals surface area contributed by atoms with E-state index in [0.717, 1.165) is 44.2 Å². The molecule has 3 amide bonds. The number of hydrogen-bond acceptors (Lipinski definition) is 6. The van der Waals surface area contributed by atoms with Gasteiger partial charge in [0.15, 0.2) is 6.29 Å². The molecule has 228 valence electrons. The van der Waals surface area contributed by atoms with Crippen molar-refractivity contribution in [2.24, 2.45) is 0 Å². The number of ether oxygens (including phenoxy) is 2. The maximum absolute atomic E-state index is 12.3. The monoisotopic (exact) mass is 611 g/mol. The number of aliphatic hydroxyl groups is 1. The highest BCUT2D eigenvalue weighted by molar-refractivity contribution is 7.99. The molecular weight excluding hydrogens is 574 g/mol. The van der Waals surface area contributed by atoms with Crippen LogP contribution in [0.4, 0.5) is 10.5 Å². The average molecular weight is 612 g/mol. The number of nitrogens with one attached hydrogen (secondary N) is 3. The van der Waals surface area contributed by atoms with E-state index in [0.29, 0.717) is 19.5 Å². The van der Waals surface area contributed by atoms with E-state index in [1.165, 1.54) is 6.92 Å². The van der Waals surface area contributed by atoms with Crippen LogP contribution in [-0.4, -0.2) is 28.9 Å². The van der Waals surface area contributed by atoms with E-state index in [4.69, 9.17) is 9.47 Å². The van der Waals surface area contributed by atoms with Crippen LogP contribution in [0.25, 0.3) is 0 Å². The zero-order chi connectivity index (χ0) is 30.7. The van der Waals surface area contributed by atoms with Crippen molar-refractivity contribution in [3.05, 3.63) is 131 Å². The maximum atomic E-state index is 12.3. The molecule has 0 aliphatic carbocycles. The molecule has 1 saturated heterocycles. The zero-order valence-corrected chi connectivity index (χ0v) is 25.4.